The fraction of sp³-hybridized carbons (Fsp3) is 0.500. The van der Waals surface area contributed by atoms with E-state index in [2.05, 4.69) is 25.2 Å². The van der Waals surface area contributed by atoms with Crippen LogP contribution >= 0.6 is 23.2 Å². The van der Waals surface area contributed by atoms with Gasteiger partial charge in [-0.05, 0) is 81.0 Å². The van der Waals surface area contributed by atoms with Gasteiger partial charge in [-0.1, -0.05) is 29.3 Å². The summed E-state index contributed by atoms with van der Waals surface area (Å²) in [5.41, 5.74) is 1.40. The number of urea groups is 1. The summed E-state index contributed by atoms with van der Waals surface area (Å²) in [6, 6.07) is 10.6. The van der Waals surface area contributed by atoms with E-state index in [9.17, 15) is 18.0 Å². The Balaban J connectivity index is 1.12. The van der Waals surface area contributed by atoms with Crippen molar-refractivity contribution in [3.05, 3.63) is 52.5 Å². The quantitative estimate of drug-likeness (QED) is 0.393. The van der Waals surface area contributed by atoms with Crippen molar-refractivity contribution in [1.82, 2.24) is 10.2 Å². The molecule has 2 amide bonds. The van der Waals surface area contributed by atoms with Gasteiger partial charge in [0.1, 0.15) is 5.75 Å². The number of anilines is 2. The zero-order chi connectivity index (χ0) is 26.4. The number of benzene rings is 2. The SMILES string of the molecule is O=C(Nc1ccc(OC(F)(F)F)cc1)N[C@H]1CC[C@H](CCN2CCN(c3cccc(Cl)c3Cl)CC2)CC1. The molecule has 2 aromatic rings. The van der Waals surface area contributed by atoms with Crippen LogP contribution < -0.4 is 20.3 Å². The normalized spacial score (nSPS) is 20.9. The lowest BCUT2D eigenvalue weighted by molar-refractivity contribution is -0.274. The third kappa shape index (κ3) is 8.32. The molecule has 1 heterocycles. The molecule has 6 nitrogen and oxygen atoms in total. The molecule has 1 saturated carbocycles. The summed E-state index contributed by atoms with van der Waals surface area (Å²) in [5, 5.41) is 6.84. The first kappa shape index (κ1) is 27.7. The largest absolute Gasteiger partial charge is 0.573 e. The van der Waals surface area contributed by atoms with Crippen LogP contribution in [0.25, 0.3) is 0 Å². The average molecular weight is 559 g/mol. The van der Waals surface area contributed by atoms with Gasteiger partial charge in [-0.15, -0.1) is 13.2 Å². The van der Waals surface area contributed by atoms with Crippen molar-refractivity contribution in [3.63, 3.8) is 0 Å². The van der Waals surface area contributed by atoms with Gasteiger partial charge in [0.15, 0.2) is 0 Å². The van der Waals surface area contributed by atoms with Crippen molar-refractivity contribution < 1.29 is 22.7 Å². The van der Waals surface area contributed by atoms with Crippen LogP contribution in [0.5, 0.6) is 5.75 Å². The van der Waals surface area contributed by atoms with E-state index in [-0.39, 0.29) is 17.8 Å². The minimum atomic E-state index is -4.74. The number of amides is 2. The number of carbonyl (C=O) groups excluding carboxylic acids is 1. The van der Waals surface area contributed by atoms with Crippen LogP contribution in [0.4, 0.5) is 29.3 Å². The van der Waals surface area contributed by atoms with Gasteiger partial charge in [-0.25, -0.2) is 4.79 Å². The summed E-state index contributed by atoms with van der Waals surface area (Å²) in [6.45, 7) is 4.88. The average Bonchev–Trinajstić information content (AvgIpc) is 2.86. The molecule has 1 aliphatic carbocycles. The van der Waals surface area contributed by atoms with E-state index in [1.165, 1.54) is 24.3 Å². The molecular formula is C26H31Cl2F3N4O2. The van der Waals surface area contributed by atoms with E-state index >= 15 is 0 Å². The molecule has 0 unspecified atom stereocenters. The second-order valence-electron chi connectivity index (χ2n) is 9.58. The van der Waals surface area contributed by atoms with Gasteiger partial charge in [-0.3, -0.25) is 4.90 Å². The van der Waals surface area contributed by atoms with Crippen LogP contribution in [0, 0.1) is 5.92 Å². The number of nitrogens with zero attached hydrogens (tertiary/aromatic N) is 2. The van der Waals surface area contributed by atoms with Crippen molar-refractivity contribution in [2.24, 2.45) is 5.92 Å². The highest BCUT2D eigenvalue weighted by Gasteiger charge is 2.31. The van der Waals surface area contributed by atoms with Crippen molar-refractivity contribution in [2.45, 2.75) is 44.5 Å². The Bertz CT molecular complexity index is 1040. The van der Waals surface area contributed by atoms with Gasteiger partial charge in [0.05, 0.1) is 15.7 Å². The second kappa shape index (κ2) is 12.5. The first-order valence-electron chi connectivity index (χ1n) is 12.5. The maximum Gasteiger partial charge on any atom is 0.573 e. The van der Waals surface area contributed by atoms with Crippen LogP contribution in [-0.4, -0.2) is 56.1 Å². The number of hydrogen-bond acceptors (Lipinski definition) is 4. The third-order valence-corrected chi connectivity index (χ3v) is 7.83. The van der Waals surface area contributed by atoms with Gasteiger partial charge in [0.25, 0.3) is 0 Å². The molecule has 0 aromatic heterocycles. The number of alkyl halides is 3. The predicted octanol–water partition coefficient (Wildman–Crippen LogP) is 6.78. The van der Waals surface area contributed by atoms with Crippen LogP contribution in [-0.2, 0) is 0 Å². The van der Waals surface area contributed by atoms with Crippen molar-refractivity contribution in [1.29, 1.82) is 0 Å². The summed E-state index contributed by atoms with van der Waals surface area (Å²) in [5.74, 6) is 0.312. The maximum atomic E-state index is 12.3. The highest BCUT2D eigenvalue weighted by Crippen LogP contribution is 2.33. The molecule has 4 rings (SSSR count). The minimum Gasteiger partial charge on any atom is -0.406 e. The summed E-state index contributed by atoms with van der Waals surface area (Å²) >= 11 is 12.5. The zero-order valence-electron chi connectivity index (χ0n) is 20.4. The number of halogens is 5. The molecule has 2 aromatic carbocycles. The molecule has 0 spiro atoms. The van der Waals surface area contributed by atoms with E-state index in [0.717, 1.165) is 70.5 Å². The Labute approximate surface area is 225 Å². The second-order valence-corrected chi connectivity index (χ2v) is 10.4. The van der Waals surface area contributed by atoms with Crippen LogP contribution in [0.1, 0.15) is 32.1 Å². The fourth-order valence-corrected chi connectivity index (χ4v) is 5.42. The Kier molecular flexibility index (Phi) is 9.31. The summed E-state index contributed by atoms with van der Waals surface area (Å²) in [7, 11) is 0. The molecule has 2 fully saturated rings. The highest BCUT2D eigenvalue weighted by molar-refractivity contribution is 6.43. The van der Waals surface area contributed by atoms with Crippen molar-refractivity contribution in [3.8, 4) is 5.75 Å². The van der Waals surface area contributed by atoms with E-state index < -0.39 is 6.36 Å². The molecule has 1 aliphatic heterocycles. The molecule has 0 atom stereocenters. The molecular weight excluding hydrogens is 528 g/mol. The van der Waals surface area contributed by atoms with E-state index in [1.807, 2.05) is 12.1 Å². The summed E-state index contributed by atoms with van der Waals surface area (Å²) < 4.78 is 40.6. The van der Waals surface area contributed by atoms with Crippen LogP contribution in [0.2, 0.25) is 10.0 Å². The van der Waals surface area contributed by atoms with Gasteiger partial charge in [0, 0.05) is 37.9 Å². The lowest BCUT2D eigenvalue weighted by atomic mass is 9.84. The zero-order valence-corrected chi connectivity index (χ0v) is 21.9. The maximum absolute atomic E-state index is 12.3. The van der Waals surface area contributed by atoms with Crippen molar-refractivity contribution in [2.75, 3.05) is 42.9 Å². The fourth-order valence-electron chi connectivity index (χ4n) is 5.00. The summed E-state index contributed by atoms with van der Waals surface area (Å²) in [6.07, 6.45) is 0.351. The molecule has 2 aliphatic rings. The first-order valence-corrected chi connectivity index (χ1v) is 13.3. The molecule has 2 N–H and O–H groups in total. The molecule has 1 saturated heterocycles. The lowest BCUT2D eigenvalue weighted by Crippen LogP contribution is -2.47. The molecule has 37 heavy (non-hydrogen) atoms. The number of hydrogen-bond donors (Lipinski definition) is 2. The number of ether oxygens (including phenoxy) is 1. The molecule has 0 radical (unpaired) electrons. The smallest absolute Gasteiger partial charge is 0.406 e. The van der Waals surface area contributed by atoms with Crippen LogP contribution in [0.3, 0.4) is 0 Å². The Morgan fingerprint density at radius 2 is 1.65 bits per heavy atom. The summed E-state index contributed by atoms with van der Waals surface area (Å²) in [4.78, 5) is 17.1. The molecule has 0 bridgehead atoms. The topological polar surface area (TPSA) is 56.8 Å². The Morgan fingerprint density at radius 1 is 0.973 bits per heavy atom. The monoisotopic (exact) mass is 558 g/mol. The van der Waals surface area contributed by atoms with Gasteiger partial charge >= 0.3 is 12.4 Å². The lowest BCUT2D eigenvalue weighted by Gasteiger charge is -2.37. The van der Waals surface area contributed by atoms with E-state index in [4.69, 9.17) is 23.2 Å². The Hall–Kier alpha value is -2.36. The highest BCUT2D eigenvalue weighted by atomic mass is 35.5. The molecule has 202 valence electrons. The van der Waals surface area contributed by atoms with Gasteiger partial charge < -0.3 is 20.3 Å². The van der Waals surface area contributed by atoms with Crippen molar-refractivity contribution >= 4 is 40.6 Å². The number of carbonyl (C=O) groups is 1. The van der Waals surface area contributed by atoms with Gasteiger partial charge in [-0.2, -0.15) is 0 Å². The number of piperazine rings is 1. The predicted molar refractivity (Wildman–Crippen MR) is 141 cm³/mol. The number of nitrogens with one attached hydrogen (secondary N) is 2. The standard InChI is InChI=1S/C26H31Cl2F3N4O2/c27-22-2-1-3-23(24(22)28)35-16-14-34(15-17-35)13-12-18-4-6-19(7-5-18)32-25(36)33-20-8-10-21(11-9-20)37-26(29,30)31/h1-3,8-11,18-19H,4-7,12-17H2,(H2,32,33,36)/t18-,19-. The third-order valence-electron chi connectivity index (χ3n) is 7.03. The Morgan fingerprint density at radius 3 is 2.30 bits per heavy atom. The first-order chi connectivity index (χ1) is 17.7. The van der Waals surface area contributed by atoms with Gasteiger partial charge in [0.2, 0.25) is 0 Å². The van der Waals surface area contributed by atoms with E-state index in [1.54, 1.807) is 6.07 Å². The van der Waals surface area contributed by atoms with E-state index in [0.29, 0.717) is 21.7 Å². The minimum absolute atomic E-state index is 0.0927. The molecule has 11 heteroatoms. The van der Waals surface area contributed by atoms with Crippen LogP contribution in [0.15, 0.2) is 42.5 Å². The number of rotatable bonds is 7.